The van der Waals surface area contributed by atoms with E-state index in [1.165, 1.54) is 12.3 Å². The molecule has 0 radical (unpaired) electrons. The number of aromatic nitrogens is 1. The van der Waals surface area contributed by atoms with Gasteiger partial charge in [0, 0.05) is 43.7 Å². The van der Waals surface area contributed by atoms with Crippen molar-refractivity contribution >= 4 is 17.9 Å². The van der Waals surface area contributed by atoms with E-state index in [0.717, 1.165) is 59.6 Å². The van der Waals surface area contributed by atoms with Crippen LogP contribution in [0.1, 0.15) is 58.4 Å². The maximum Gasteiger partial charge on any atom is 0.153 e. The predicted molar refractivity (Wildman–Crippen MR) is 182 cm³/mol. The van der Waals surface area contributed by atoms with Crippen LogP contribution in [0, 0.1) is 25.2 Å². The fraction of sp³-hybridized carbons (Fsp3) is 0.342. The molecule has 3 aromatic carbocycles. The number of ether oxygens (including phenoxy) is 4. The number of carbonyl (C=O) groups is 1. The van der Waals surface area contributed by atoms with Gasteiger partial charge >= 0.3 is 0 Å². The number of aldehydes is 1. The van der Waals surface area contributed by atoms with Crippen LogP contribution in [0.2, 0.25) is 5.02 Å². The van der Waals surface area contributed by atoms with Crippen LogP contribution >= 0.6 is 11.6 Å². The Hall–Kier alpha value is -4.42. The fourth-order valence-electron chi connectivity index (χ4n) is 5.95. The third-order valence-corrected chi connectivity index (χ3v) is 8.58. The summed E-state index contributed by atoms with van der Waals surface area (Å²) in [6.45, 7) is 12.4. The Labute approximate surface area is 281 Å². The number of pyridine rings is 1. The summed E-state index contributed by atoms with van der Waals surface area (Å²) in [6.07, 6.45) is 5.25. The van der Waals surface area contributed by atoms with Gasteiger partial charge in [0.1, 0.15) is 36.5 Å². The van der Waals surface area contributed by atoms with Crippen molar-refractivity contribution in [1.82, 2.24) is 9.88 Å². The molecule has 1 fully saturated rings. The van der Waals surface area contributed by atoms with E-state index in [2.05, 4.69) is 55.8 Å². The van der Waals surface area contributed by atoms with Crippen LogP contribution in [0.15, 0.2) is 67.0 Å². The second-order valence-corrected chi connectivity index (χ2v) is 12.4. The molecule has 0 aliphatic carbocycles. The largest absolute Gasteiger partial charge is 0.493 e. The number of hydrogen-bond donors (Lipinski definition) is 0. The molecule has 0 saturated carbocycles. The summed E-state index contributed by atoms with van der Waals surface area (Å²) in [4.78, 5) is 18.3. The Morgan fingerprint density at radius 3 is 2.40 bits per heavy atom. The van der Waals surface area contributed by atoms with Crippen LogP contribution in [0.4, 0.5) is 0 Å². The van der Waals surface area contributed by atoms with Crippen molar-refractivity contribution in [2.24, 2.45) is 0 Å². The number of hydrogen-bond acceptors (Lipinski definition) is 8. The molecule has 0 N–H and O–H groups in total. The van der Waals surface area contributed by atoms with E-state index in [4.69, 9.17) is 35.8 Å². The Morgan fingerprint density at radius 2 is 1.66 bits per heavy atom. The van der Waals surface area contributed by atoms with Crippen molar-refractivity contribution in [3.8, 4) is 34.4 Å². The Balaban J connectivity index is 1.25. The van der Waals surface area contributed by atoms with Gasteiger partial charge in [-0.05, 0) is 80.1 Å². The summed E-state index contributed by atoms with van der Waals surface area (Å²) < 4.78 is 24.2. The molecule has 1 saturated heterocycles. The zero-order valence-corrected chi connectivity index (χ0v) is 28.0. The summed E-state index contributed by atoms with van der Waals surface area (Å²) in [6, 6.07) is 19.2. The first-order chi connectivity index (χ1) is 22.7. The third kappa shape index (κ3) is 8.69. The molecule has 0 spiro atoms. The van der Waals surface area contributed by atoms with Crippen LogP contribution in [-0.4, -0.2) is 54.6 Å². The number of nitrogens with zero attached hydrogens (tertiary/aromatic N) is 3. The van der Waals surface area contributed by atoms with Gasteiger partial charge in [-0.25, -0.2) is 0 Å². The zero-order chi connectivity index (χ0) is 33.3. The number of morpholine rings is 1. The molecule has 1 aromatic heterocycles. The molecule has 4 aromatic rings. The highest BCUT2D eigenvalue weighted by molar-refractivity contribution is 6.32. The van der Waals surface area contributed by atoms with E-state index in [1.807, 2.05) is 24.3 Å². The highest BCUT2D eigenvalue weighted by atomic mass is 35.5. The van der Waals surface area contributed by atoms with Crippen molar-refractivity contribution in [3.05, 3.63) is 105 Å². The molecule has 0 amide bonds. The summed E-state index contributed by atoms with van der Waals surface area (Å²) >= 11 is 6.51. The molecular weight excluding hydrogens is 614 g/mol. The number of halogens is 1. The maximum atomic E-state index is 11.8. The molecule has 9 heteroatoms. The highest BCUT2D eigenvalue weighted by Crippen LogP contribution is 2.36. The van der Waals surface area contributed by atoms with Crippen molar-refractivity contribution in [2.45, 2.75) is 59.5 Å². The van der Waals surface area contributed by atoms with Crippen molar-refractivity contribution in [2.75, 3.05) is 26.2 Å². The number of nitriles is 1. The molecule has 5 rings (SSSR count). The Morgan fingerprint density at radius 1 is 0.936 bits per heavy atom. The normalized spacial score (nSPS) is 16.3. The van der Waals surface area contributed by atoms with Crippen LogP contribution in [0.25, 0.3) is 11.1 Å². The lowest BCUT2D eigenvalue weighted by atomic mass is 9.93. The molecule has 1 aliphatic rings. The summed E-state index contributed by atoms with van der Waals surface area (Å²) in [7, 11) is 0. The van der Waals surface area contributed by atoms with E-state index < -0.39 is 0 Å². The smallest absolute Gasteiger partial charge is 0.153 e. The summed E-state index contributed by atoms with van der Waals surface area (Å²) in [5, 5.41) is 9.45. The van der Waals surface area contributed by atoms with Gasteiger partial charge in [0.15, 0.2) is 6.29 Å². The topological polar surface area (TPSA) is 93.9 Å². The van der Waals surface area contributed by atoms with Gasteiger partial charge in [0.05, 0.1) is 35.0 Å². The zero-order valence-electron chi connectivity index (χ0n) is 27.3. The van der Waals surface area contributed by atoms with Crippen LogP contribution in [0.3, 0.4) is 0 Å². The maximum absolute atomic E-state index is 11.8. The van der Waals surface area contributed by atoms with Crippen LogP contribution in [-0.2, 0) is 18.0 Å². The predicted octanol–water partition coefficient (Wildman–Crippen LogP) is 7.74. The molecular formula is C38H40ClN3O5. The van der Waals surface area contributed by atoms with E-state index in [0.29, 0.717) is 46.1 Å². The van der Waals surface area contributed by atoms with E-state index in [-0.39, 0.29) is 25.4 Å². The minimum atomic E-state index is 0.125. The van der Waals surface area contributed by atoms with Gasteiger partial charge in [-0.3, -0.25) is 14.7 Å². The molecule has 0 bridgehead atoms. The van der Waals surface area contributed by atoms with Crippen LogP contribution < -0.4 is 14.2 Å². The first kappa shape index (κ1) is 33.9. The molecule has 47 heavy (non-hydrogen) atoms. The monoisotopic (exact) mass is 653 g/mol. The molecule has 244 valence electrons. The summed E-state index contributed by atoms with van der Waals surface area (Å²) in [5.74, 6) is 1.61. The van der Waals surface area contributed by atoms with E-state index in [1.54, 1.807) is 18.3 Å². The standard InChI is InChI=1S/C38H40ClN3O5/c1-25-20-42(21-26(2)47-25)12-7-13-44-36-11-6-10-34(28(36)4)33-9-5-8-31(27(33)3)24-46-38-16-37(32(22-43)15-35(38)39)45-23-30-14-29(17-40)18-41-19-30/h5-6,8-11,14-16,18-19,22,25-26H,7,12-13,20-21,23-24H2,1-4H3. The van der Waals surface area contributed by atoms with Crippen molar-refractivity contribution in [1.29, 1.82) is 5.26 Å². The number of carbonyl (C=O) groups excluding carboxylic acids is 1. The lowest BCUT2D eigenvalue weighted by Gasteiger charge is -2.35. The van der Waals surface area contributed by atoms with Gasteiger partial charge in [-0.2, -0.15) is 5.26 Å². The quantitative estimate of drug-likeness (QED) is 0.107. The Bertz CT molecular complexity index is 1740. The second-order valence-electron chi connectivity index (χ2n) is 11.9. The molecule has 8 nitrogen and oxygen atoms in total. The first-order valence-electron chi connectivity index (χ1n) is 15.8. The van der Waals surface area contributed by atoms with Gasteiger partial charge in [-0.15, -0.1) is 0 Å². The lowest BCUT2D eigenvalue weighted by molar-refractivity contribution is -0.0686. The van der Waals surface area contributed by atoms with Gasteiger partial charge in [0.25, 0.3) is 0 Å². The van der Waals surface area contributed by atoms with Gasteiger partial charge in [-0.1, -0.05) is 41.9 Å². The second kappa shape index (κ2) is 15.9. The van der Waals surface area contributed by atoms with Crippen molar-refractivity contribution in [3.63, 3.8) is 0 Å². The molecule has 2 heterocycles. The van der Waals surface area contributed by atoms with Gasteiger partial charge < -0.3 is 18.9 Å². The molecule has 2 unspecified atom stereocenters. The van der Waals surface area contributed by atoms with E-state index in [9.17, 15) is 4.79 Å². The summed E-state index contributed by atoms with van der Waals surface area (Å²) in [5.41, 5.74) is 6.82. The molecule has 2 atom stereocenters. The van der Waals surface area contributed by atoms with E-state index >= 15 is 0 Å². The van der Waals surface area contributed by atoms with Crippen molar-refractivity contribution < 1.29 is 23.7 Å². The first-order valence-corrected chi connectivity index (χ1v) is 16.2. The van der Waals surface area contributed by atoms with Crippen LogP contribution in [0.5, 0.6) is 17.2 Å². The minimum absolute atomic E-state index is 0.125. The fourth-order valence-corrected chi connectivity index (χ4v) is 6.18. The number of rotatable bonds is 13. The number of benzene rings is 3. The third-order valence-electron chi connectivity index (χ3n) is 8.28. The van der Waals surface area contributed by atoms with Gasteiger partial charge in [0.2, 0.25) is 0 Å². The minimum Gasteiger partial charge on any atom is -0.493 e. The SMILES string of the molecule is Cc1c(COc2cc(OCc3cncc(C#N)c3)c(C=O)cc2Cl)cccc1-c1cccc(OCCCN2CC(C)OC(C)C2)c1C. The average Bonchev–Trinajstić information content (AvgIpc) is 3.06. The highest BCUT2D eigenvalue weighted by Gasteiger charge is 2.21. The Kier molecular flexibility index (Phi) is 11.5. The lowest BCUT2D eigenvalue weighted by Crippen LogP contribution is -2.45. The average molecular weight is 654 g/mol. The molecule has 1 aliphatic heterocycles.